The molecular formula is C25H25F4N5O. The van der Waals surface area contributed by atoms with E-state index in [0.717, 1.165) is 11.1 Å². The molecule has 1 aromatic carbocycles. The quantitative estimate of drug-likeness (QED) is 0.346. The van der Waals surface area contributed by atoms with Crippen LogP contribution in [0.4, 0.5) is 34.9 Å². The monoisotopic (exact) mass is 487 g/mol. The van der Waals surface area contributed by atoms with E-state index in [1.807, 2.05) is 6.07 Å². The van der Waals surface area contributed by atoms with Gasteiger partial charge in [0.15, 0.2) is 5.82 Å². The molecule has 1 N–H and O–H groups in total. The molecule has 1 fully saturated rings. The van der Waals surface area contributed by atoms with Crippen LogP contribution in [0.5, 0.6) is 0 Å². The minimum Gasteiger partial charge on any atom is -0.368 e. The highest BCUT2D eigenvalue weighted by Gasteiger charge is 2.43. The predicted molar refractivity (Wildman–Crippen MR) is 126 cm³/mol. The van der Waals surface area contributed by atoms with Crippen molar-refractivity contribution in [3.63, 3.8) is 0 Å². The number of benzene rings is 1. The van der Waals surface area contributed by atoms with Crippen LogP contribution in [0.2, 0.25) is 0 Å². The molecule has 2 aromatic heterocycles. The number of aromatic nitrogens is 2. The lowest BCUT2D eigenvalue weighted by Crippen LogP contribution is -2.28. The maximum Gasteiger partial charge on any atom is 0.393 e. The largest absolute Gasteiger partial charge is 0.393 e. The molecule has 3 aromatic rings. The fourth-order valence-electron chi connectivity index (χ4n) is 4.10. The highest BCUT2D eigenvalue weighted by atomic mass is 19.4. The molecule has 0 spiro atoms. The number of amides is 1. The molecule has 0 radical (unpaired) electrons. The van der Waals surface area contributed by atoms with Gasteiger partial charge in [-0.2, -0.15) is 13.2 Å². The lowest BCUT2D eigenvalue weighted by molar-refractivity contribution is -0.168. The molecule has 4 rings (SSSR count). The Balaban J connectivity index is 1.57. The number of hydrogen-bond acceptors (Lipinski definition) is 5. The van der Waals surface area contributed by atoms with Gasteiger partial charge in [-0.3, -0.25) is 9.78 Å². The minimum absolute atomic E-state index is 0.0106. The van der Waals surface area contributed by atoms with Crippen LogP contribution in [0.15, 0.2) is 60.9 Å². The number of halogens is 4. The van der Waals surface area contributed by atoms with Crippen molar-refractivity contribution in [1.29, 1.82) is 0 Å². The zero-order valence-electron chi connectivity index (χ0n) is 18.9. The average molecular weight is 488 g/mol. The third kappa shape index (κ3) is 6.26. The number of nitrogens with zero attached hydrogens (tertiary/aromatic N) is 4. The summed E-state index contributed by atoms with van der Waals surface area (Å²) in [6.07, 6.45) is 0.213. The third-order valence-corrected chi connectivity index (χ3v) is 5.94. The van der Waals surface area contributed by atoms with E-state index >= 15 is 0 Å². The number of carbonyl (C=O) groups is 1. The van der Waals surface area contributed by atoms with Gasteiger partial charge < -0.3 is 15.1 Å². The smallest absolute Gasteiger partial charge is 0.368 e. The van der Waals surface area contributed by atoms with Gasteiger partial charge in [0, 0.05) is 32.0 Å². The van der Waals surface area contributed by atoms with E-state index in [2.05, 4.69) is 15.3 Å². The van der Waals surface area contributed by atoms with Crippen molar-refractivity contribution in [2.24, 2.45) is 5.92 Å². The first-order valence-electron chi connectivity index (χ1n) is 11.3. The van der Waals surface area contributed by atoms with E-state index in [4.69, 9.17) is 0 Å². The Bertz CT molecular complexity index is 1140. The van der Waals surface area contributed by atoms with Crippen molar-refractivity contribution in [2.45, 2.75) is 25.6 Å². The van der Waals surface area contributed by atoms with Gasteiger partial charge >= 0.3 is 6.18 Å². The Morgan fingerprint density at radius 2 is 1.97 bits per heavy atom. The summed E-state index contributed by atoms with van der Waals surface area (Å²) in [7, 11) is 0. The maximum absolute atomic E-state index is 13.5. The van der Waals surface area contributed by atoms with Crippen molar-refractivity contribution in [1.82, 2.24) is 9.97 Å². The first-order valence-corrected chi connectivity index (χ1v) is 11.3. The normalized spacial score (nSPS) is 15.8. The number of hydrogen-bond donors (Lipinski definition) is 1. The highest BCUT2D eigenvalue weighted by Crippen LogP contribution is 2.36. The second kappa shape index (κ2) is 10.7. The first kappa shape index (κ1) is 24.4. The molecule has 35 heavy (non-hydrogen) atoms. The minimum atomic E-state index is -4.25. The van der Waals surface area contributed by atoms with Crippen LogP contribution >= 0.6 is 0 Å². The van der Waals surface area contributed by atoms with Gasteiger partial charge in [0.1, 0.15) is 11.6 Å². The molecule has 1 unspecified atom stereocenters. The van der Waals surface area contributed by atoms with E-state index < -0.39 is 12.1 Å². The molecule has 1 atom stereocenters. The molecule has 6 nitrogen and oxygen atoms in total. The van der Waals surface area contributed by atoms with Gasteiger partial charge in [0.05, 0.1) is 18.2 Å². The summed E-state index contributed by atoms with van der Waals surface area (Å²) in [5, 5.41) is 3.19. The van der Waals surface area contributed by atoms with Gasteiger partial charge in [-0.1, -0.05) is 18.2 Å². The number of anilines is 3. The summed E-state index contributed by atoms with van der Waals surface area (Å²) < 4.78 is 53.0. The van der Waals surface area contributed by atoms with Crippen LogP contribution in [-0.4, -0.2) is 42.2 Å². The van der Waals surface area contributed by atoms with Gasteiger partial charge in [0.2, 0.25) is 6.41 Å². The van der Waals surface area contributed by atoms with Crippen molar-refractivity contribution in [2.75, 3.05) is 34.8 Å². The molecule has 10 heteroatoms. The summed E-state index contributed by atoms with van der Waals surface area (Å²) in [5.41, 5.74) is 2.07. The zero-order valence-corrected chi connectivity index (χ0v) is 18.9. The van der Waals surface area contributed by atoms with Crippen molar-refractivity contribution < 1.29 is 22.4 Å². The molecule has 1 aliphatic rings. The van der Waals surface area contributed by atoms with Crippen molar-refractivity contribution in [3.8, 4) is 0 Å². The summed E-state index contributed by atoms with van der Waals surface area (Å²) >= 11 is 0. The second-order valence-corrected chi connectivity index (χ2v) is 8.41. The summed E-state index contributed by atoms with van der Waals surface area (Å²) in [5.74, 6) is -0.961. The summed E-state index contributed by atoms with van der Waals surface area (Å²) in [4.78, 5) is 23.7. The average Bonchev–Trinajstić information content (AvgIpc) is 3.35. The molecule has 3 heterocycles. The molecule has 1 amide bonds. The second-order valence-electron chi connectivity index (χ2n) is 8.41. The Morgan fingerprint density at radius 1 is 1.14 bits per heavy atom. The molecule has 184 valence electrons. The van der Waals surface area contributed by atoms with Crippen LogP contribution in [0.25, 0.3) is 0 Å². The lowest BCUT2D eigenvalue weighted by Gasteiger charge is -2.24. The van der Waals surface area contributed by atoms with Gasteiger partial charge in [0.25, 0.3) is 0 Å². The summed E-state index contributed by atoms with van der Waals surface area (Å²) in [6, 6.07) is 13.1. The van der Waals surface area contributed by atoms with E-state index in [-0.39, 0.29) is 31.9 Å². The van der Waals surface area contributed by atoms with Gasteiger partial charge in [-0.05, 0) is 54.3 Å². The van der Waals surface area contributed by atoms with Crippen LogP contribution in [-0.2, 0) is 17.8 Å². The number of alkyl halides is 3. The molecule has 0 aliphatic carbocycles. The topological polar surface area (TPSA) is 61.4 Å². The standard InChI is InChI=1S/C25H25F4N5O/c26-21-5-1-3-18(13-21)8-11-31-24-22(34(17-35)15-19-4-2-10-30-14-19)6-7-23(32-24)33-12-9-20(16-33)25(27,28)29/h1-7,10,13-14,17,20H,8-9,11-12,15-16H2,(H,31,32). The zero-order chi connectivity index (χ0) is 24.8. The van der Waals surface area contributed by atoms with E-state index in [1.165, 1.54) is 17.0 Å². The van der Waals surface area contributed by atoms with Gasteiger partial charge in [-0.25, -0.2) is 9.37 Å². The number of carbonyl (C=O) groups excluding carboxylic acids is 1. The number of rotatable bonds is 9. The highest BCUT2D eigenvalue weighted by molar-refractivity contribution is 5.82. The third-order valence-electron chi connectivity index (χ3n) is 5.94. The van der Waals surface area contributed by atoms with Crippen LogP contribution in [0, 0.1) is 11.7 Å². The fourth-order valence-corrected chi connectivity index (χ4v) is 4.10. The Kier molecular flexibility index (Phi) is 7.48. The first-order chi connectivity index (χ1) is 16.8. The predicted octanol–water partition coefficient (Wildman–Crippen LogP) is 4.82. The molecule has 1 saturated heterocycles. The number of pyridine rings is 2. The van der Waals surface area contributed by atoms with Crippen LogP contribution in [0.1, 0.15) is 17.5 Å². The van der Waals surface area contributed by atoms with Crippen molar-refractivity contribution >= 4 is 23.7 Å². The van der Waals surface area contributed by atoms with E-state index in [9.17, 15) is 22.4 Å². The SMILES string of the molecule is O=CN(Cc1cccnc1)c1ccc(N2CCC(C(F)(F)F)C2)nc1NCCc1cccc(F)c1. The van der Waals surface area contributed by atoms with Crippen molar-refractivity contribution in [3.05, 3.63) is 77.9 Å². The lowest BCUT2D eigenvalue weighted by atomic mass is 10.1. The summed E-state index contributed by atoms with van der Waals surface area (Å²) in [6.45, 7) is 0.715. The van der Waals surface area contributed by atoms with Crippen LogP contribution in [0.3, 0.4) is 0 Å². The Hall–Kier alpha value is -3.69. The van der Waals surface area contributed by atoms with E-state index in [0.29, 0.717) is 36.7 Å². The van der Waals surface area contributed by atoms with E-state index in [1.54, 1.807) is 47.6 Å². The van der Waals surface area contributed by atoms with Gasteiger partial charge in [-0.15, -0.1) is 0 Å². The number of nitrogens with one attached hydrogen (secondary N) is 1. The maximum atomic E-state index is 13.5. The fraction of sp³-hybridized carbons (Fsp3) is 0.320. The molecular weight excluding hydrogens is 462 g/mol. The molecule has 1 aliphatic heterocycles. The Labute approximate surface area is 200 Å². The Morgan fingerprint density at radius 3 is 2.66 bits per heavy atom. The molecule has 0 bridgehead atoms. The van der Waals surface area contributed by atoms with Crippen LogP contribution < -0.4 is 15.1 Å². The molecule has 0 saturated carbocycles.